The zero-order chi connectivity index (χ0) is 29.6. The number of nitrogens with zero attached hydrogens (tertiary/aromatic N) is 2. The van der Waals surface area contributed by atoms with Crippen LogP contribution in [0.25, 0.3) is 0 Å². The number of carbonyl (C=O) groups excluding carboxylic acids is 2. The fraction of sp³-hybridized carbons (Fsp3) is 0.286. The van der Waals surface area contributed by atoms with Gasteiger partial charge in [0.25, 0.3) is 10.0 Å². The van der Waals surface area contributed by atoms with E-state index < -0.39 is 40.2 Å². The molecule has 0 aromatic heterocycles. The van der Waals surface area contributed by atoms with Gasteiger partial charge in [0, 0.05) is 22.6 Å². The van der Waals surface area contributed by atoms with Gasteiger partial charge in [-0.1, -0.05) is 66.0 Å². The zero-order valence-electron chi connectivity index (χ0n) is 22.1. The van der Waals surface area contributed by atoms with Crippen molar-refractivity contribution in [3.05, 3.63) is 93.2 Å². The standard InChI is InChI=1S/C28H29Cl3FN3O4S/c1-4-18(2)33-28(37)19(3)34(16-20-10-11-21(29)14-24(20)30)27(36)17-35(22-12-13-26(32)25(31)15-22)40(38,39)23-8-6-5-7-9-23/h5-15,18-19H,4,16-17H2,1-3H3,(H,33,37)/t18-,19-/m1/s1. The van der Waals surface area contributed by atoms with Crippen molar-refractivity contribution in [3.8, 4) is 0 Å². The molecule has 1 N–H and O–H groups in total. The van der Waals surface area contributed by atoms with E-state index in [0.717, 1.165) is 16.4 Å². The second kappa shape index (κ2) is 13.7. The van der Waals surface area contributed by atoms with E-state index in [1.54, 1.807) is 37.3 Å². The smallest absolute Gasteiger partial charge is 0.264 e. The maximum Gasteiger partial charge on any atom is 0.264 e. The van der Waals surface area contributed by atoms with E-state index in [1.165, 1.54) is 29.2 Å². The molecular weight excluding hydrogens is 600 g/mol. The van der Waals surface area contributed by atoms with Crippen molar-refractivity contribution in [1.82, 2.24) is 10.2 Å². The normalized spacial score (nSPS) is 12.9. The lowest BCUT2D eigenvalue weighted by atomic mass is 10.1. The summed E-state index contributed by atoms with van der Waals surface area (Å²) in [5.41, 5.74) is 0.481. The molecule has 0 aliphatic carbocycles. The van der Waals surface area contributed by atoms with Crippen LogP contribution in [0.4, 0.5) is 10.1 Å². The lowest BCUT2D eigenvalue weighted by molar-refractivity contribution is -0.139. The molecular formula is C28H29Cl3FN3O4S. The van der Waals surface area contributed by atoms with Gasteiger partial charge in [-0.25, -0.2) is 12.8 Å². The lowest BCUT2D eigenvalue weighted by Crippen LogP contribution is -2.52. The van der Waals surface area contributed by atoms with Gasteiger partial charge < -0.3 is 10.2 Å². The molecule has 0 heterocycles. The van der Waals surface area contributed by atoms with Gasteiger partial charge in [0.15, 0.2) is 0 Å². The summed E-state index contributed by atoms with van der Waals surface area (Å²) < 4.78 is 42.3. The molecule has 3 rings (SSSR count). The molecule has 0 aliphatic rings. The maximum absolute atomic E-state index is 14.0. The highest BCUT2D eigenvalue weighted by Gasteiger charge is 2.33. The number of benzene rings is 3. The minimum atomic E-state index is -4.31. The molecule has 2 amide bonds. The quantitative estimate of drug-likeness (QED) is 0.270. The highest BCUT2D eigenvalue weighted by molar-refractivity contribution is 7.92. The predicted octanol–water partition coefficient (Wildman–Crippen LogP) is 6.31. The molecule has 3 aromatic carbocycles. The molecule has 0 radical (unpaired) electrons. The van der Waals surface area contributed by atoms with E-state index in [2.05, 4.69) is 5.32 Å². The number of nitrogens with one attached hydrogen (secondary N) is 1. The molecule has 2 atom stereocenters. The molecule has 3 aromatic rings. The third kappa shape index (κ3) is 7.66. The number of halogens is 4. The number of hydrogen-bond donors (Lipinski definition) is 1. The van der Waals surface area contributed by atoms with Crippen LogP contribution < -0.4 is 9.62 Å². The van der Waals surface area contributed by atoms with Crippen molar-refractivity contribution in [2.75, 3.05) is 10.8 Å². The Morgan fingerprint density at radius 3 is 2.23 bits per heavy atom. The molecule has 0 fully saturated rings. The number of rotatable bonds is 11. The summed E-state index contributed by atoms with van der Waals surface area (Å²) in [7, 11) is -4.31. The molecule has 0 unspecified atom stereocenters. The Kier molecular flexibility index (Phi) is 10.8. The molecule has 12 heteroatoms. The van der Waals surface area contributed by atoms with Crippen molar-refractivity contribution in [3.63, 3.8) is 0 Å². The number of hydrogen-bond acceptors (Lipinski definition) is 4. The van der Waals surface area contributed by atoms with E-state index >= 15 is 0 Å². The van der Waals surface area contributed by atoms with Crippen molar-refractivity contribution in [2.45, 2.75) is 50.7 Å². The van der Waals surface area contributed by atoms with Crippen LogP contribution in [0.15, 0.2) is 71.6 Å². The van der Waals surface area contributed by atoms with Crippen LogP contribution >= 0.6 is 34.8 Å². The van der Waals surface area contributed by atoms with E-state index in [1.807, 2.05) is 13.8 Å². The average molecular weight is 629 g/mol. The van der Waals surface area contributed by atoms with Crippen molar-refractivity contribution >= 4 is 62.3 Å². The SMILES string of the molecule is CC[C@@H](C)NC(=O)[C@@H](C)N(Cc1ccc(Cl)cc1Cl)C(=O)CN(c1ccc(F)c(Cl)c1)S(=O)(=O)c1ccccc1. The Morgan fingerprint density at radius 2 is 1.62 bits per heavy atom. The average Bonchev–Trinajstić information content (AvgIpc) is 2.92. The predicted molar refractivity (Wildman–Crippen MR) is 157 cm³/mol. The highest BCUT2D eigenvalue weighted by atomic mass is 35.5. The number of amides is 2. The van der Waals surface area contributed by atoms with Crippen molar-refractivity contribution < 1.29 is 22.4 Å². The van der Waals surface area contributed by atoms with E-state index in [4.69, 9.17) is 34.8 Å². The Hall–Kier alpha value is -2.85. The van der Waals surface area contributed by atoms with Crippen LogP contribution in [-0.2, 0) is 26.2 Å². The molecule has 0 bridgehead atoms. The van der Waals surface area contributed by atoms with Crippen LogP contribution in [0.2, 0.25) is 15.1 Å². The minimum Gasteiger partial charge on any atom is -0.352 e. The van der Waals surface area contributed by atoms with Crippen LogP contribution in [0.5, 0.6) is 0 Å². The molecule has 0 spiro atoms. The van der Waals surface area contributed by atoms with E-state index in [-0.39, 0.29) is 33.2 Å². The van der Waals surface area contributed by atoms with Gasteiger partial charge in [-0.3, -0.25) is 13.9 Å². The summed E-state index contributed by atoms with van der Waals surface area (Å²) in [6.45, 7) is 4.48. The summed E-state index contributed by atoms with van der Waals surface area (Å²) in [6.07, 6.45) is 0.670. The fourth-order valence-corrected chi connectivity index (χ4v) is 5.84. The summed E-state index contributed by atoms with van der Waals surface area (Å²) in [6, 6.07) is 14.5. The second-order valence-corrected chi connectivity index (χ2v) is 12.3. The third-order valence-electron chi connectivity index (χ3n) is 6.33. The molecule has 0 saturated carbocycles. The van der Waals surface area contributed by atoms with Crippen LogP contribution in [0, 0.1) is 5.82 Å². The monoisotopic (exact) mass is 627 g/mol. The Balaban J connectivity index is 2.06. The topological polar surface area (TPSA) is 86.8 Å². The first-order valence-corrected chi connectivity index (χ1v) is 15.0. The molecule has 0 saturated heterocycles. The Bertz CT molecular complexity index is 1470. The van der Waals surface area contributed by atoms with Crippen LogP contribution in [0.1, 0.15) is 32.8 Å². The van der Waals surface area contributed by atoms with E-state index in [9.17, 15) is 22.4 Å². The van der Waals surface area contributed by atoms with E-state index in [0.29, 0.717) is 17.0 Å². The first-order valence-electron chi connectivity index (χ1n) is 12.4. The summed E-state index contributed by atoms with van der Waals surface area (Å²) in [5, 5.41) is 3.20. The molecule has 40 heavy (non-hydrogen) atoms. The number of carbonyl (C=O) groups is 2. The first kappa shape index (κ1) is 31.7. The highest BCUT2D eigenvalue weighted by Crippen LogP contribution is 2.29. The number of sulfonamides is 1. The van der Waals surface area contributed by atoms with Gasteiger partial charge in [0.1, 0.15) is 18.4 Å². The van der Waals surface area contributed by atoms with Gasteiger partial charge in [0.05, 0.1) is 15.6 Å². The zero-order valence-corrected chi connectivity index (χ0v) is 25.2. The molecule has 0 aliphatic heterocycles. The summed E-state index contributed by atoms with van der Waals surface area (Å²) >= 11 is 18.4. The van der Waals surface area contributed by atoms with Gasteiger partial charge >= 0.3 is 0 Å². The molecule has 214 valence electrons. The maximum atomic E-state index is 14.0. The Morgan fingerprint density at radius 1 is 0.950 bits per heavy atom. The second-order valence-electron chi connectivity index (χ2n) is 9.17. The minimum absolute atomic E-state index is 0.0233. The summed E-state index contributed by atoms with van der Waals surface area (Å²) in [4.78, 5) is 28.2. The Labute approximate surface area is 248 Å². The fourth-order valence-electron chi connectivity index (χ4n) is 3.77. The van der Waals surface area contributed by atoms with Crippen LogP contribution in [-0.4, -0.2) is 43.8 Å². The third-order valence-corrected chi connectivity index (χ3v) is 8.99. The first-order chi connectivity index (χ1) is 18.8. The van der Waals surface area contributed by atoms with Gasteiger partial charge in [-0.2, -0.15) is 0 Å². The number of anilines is 1. The van der Waals surface area contributed by atoms with Crippen molar-refractivity contribution in [1.29, 1.82) is 0 Å². The van der Waals surface area contributed by atoms with Crippen LogP contribution in [0.3, 0.4) is 0 Å². The van der Waals surface area contributed by atoms with Gasteiger partial charge in [-0.05, 0) is 68.3 Å². The van der Waals surface area contributed by atoms with Gasteiger partial charge in [0.2, 0.25) is 11.8 Å². The van der Waals surface area contributed by atoms with Gasteiger partial charge in [-0.15, -0.1) is 0 Å². The largest absolute Gasteiger partial charge is 0.352 e. The van der Waals surface area contributed by atoms with Crippen molar-refractivity contribution in [2.24, 2.45) is 0 Å². The lowest BCUT2D eigenvalue weighted by Gasteiger charge is -2.32. The molecule has 7 nitrogen and oxygen atoms in total. The summed E-state index contributed by atoms with van der Waals surface area (Å²) in [5.74, 6) is -1.86.